The van der Waals surface area contributed by atoms with E-state index in [0.29, 0.717) is 16.4 Å². The quantitative estimate of drug-likeness (QED) is 0.565. The SMILES string of the molecule is CC(C)c1ccc(S(=O)(=O)CCCOC(=O)c2ccccc2)cc1. The molecule has 0 unspecified atom stereocenters. The van der Waals surface area contributed by atoms with Gasteiger partial charge in [-0.2, -0.15) is 0 Å². The normalized spacial score (nSPS) is 11.5. The van der Waals surface area contributed by atoms with E-state index in [4.69, 9.17) is 4.74 Å². The van der Waals surface area contributed by atoms with E-state index < -0.39 is 15.8 Å². The van der Waals surface area contributed by atoms with Crippen molar-refractivity contribution < 1.29 is 17.9 Å². The van der Waals surface area contributed by atoms with Gasteiger partial charge in [0.15, 0.2) is 9.84 Å². The van der Waals surface area contributed by atoms with Crippen LogP contribution in [0.15, 0.2) is 59.5 Å². The molecule has 4 nitrogen and oxygen atoms in total. The number of hydrogen-bond donors (Lipinski definition) is 0. The van der Waals surface area contributed by atoms with E-state index in [2.05, 4.69) is 13.8 Å². The zero-order valence-corrected chi connectivity index (χ0v) is 14.8. The van der Waals surface area contributed by atoms with E-state index in [1.165, 1.54) is 0 Å². The van der Waals surface area contributed by atoms with Crippen LogP contribution in [0.2, 0.25) is 0 Å². The van der Waals surface area contributed by atoms with Crippen molar-refractivity contribution in [3.63, 3.8) is 0 Å². The van der Waals surface area contributed by atoms with Crippen molar-refractivity contribution in [3.05, 3.63) is 65.7 Å². The van der Waals surface area contributed by atoms with E-state index in [-0.39, 0.29) is 18.8 Å². The molecular weight excluding hydrogens is 324 g/mol. The molecule has 0 aromatic heterocycles. The number of hydrogen-bond acceptors (Lipinski definition) is 4. The molecule has 0 aliphatic heterocycles. The third-order valence-electron chi connectivity index (χ3n) is 3.71. The van der Waals surface area contributed by atoms with Crippen LogP contribution in [0.5, 0.6) is 0 Å². The zero-order valence-electron chi connectivity index (χ0n) is 13.9. The van der Waals surface area contributed by atoms with Gasteiger partial charge in [-0.25, -0.2) is 13.2 Å². The van der Waals surface area contributed by atoms with Crippen LogP contribution in [0.4, 0.5) is 0 Å². The molecule has 0 atom stereocenters. The minimum absolute atomic E-state index is 0.0455. The summed E-state index contributed by atoms with van der Waals surface area (Å²) in [6, 6.07) is 15.6. The summed E-state index contributed by atoms with van der Waals surface area (Å²) >= 11 is 0. The predicted molar refractivity (Wildman–Crippen MR) is 93.9 cm³/mol. The van der Waals surface area contributed by atoms with Crippen molar-refractivity contribution in [3.8, 4) is 0 Å². The molecule has 0 spiro atoms. The van der Waals surface area contributed by atoms with Crippen LogP contribution >= 0.6 is 0 Å². The average Bonchev–Trinajstić information content (AvgIpc) is 2.59. The Morgan fingerprint density at radius 2 is 1.62 bits per heavy atom. The maximum Gasteiger partial charge on any atom is 0.338 e. The Morgan fingerprint density at radius 3 is 2.21 bits per heavy atom. The molecule has 24 heavy (non-hydrogen) atoms. The lowest BCUT2D eigenvalue weighted by molar-refractivity contribution is 0.0505. The van der Waals surface area contributed by atoms with Crippen molar-refractivity contribution in [2.75, 3.05) is 12.4 Å². The van der Waals surface area contributed by atoms with Crippen LogP contribution in [0.25, 0.3) is 0 Å². The fourth-order valence-electron chi connectivity index (χ4n) is 2.25. The van der Waals surface area contributed by atoms with Crippen LogP contribution < -0.4 is 0 Å². The summed E-state index contributed by atoms with van der Waals surface area (Å²) in [6.45, 7) is 4.20. The maximum absolute atomic E-state index is 12.3. The molecule has 0 saturated heterocycles. The first-order valence-corrected chi connectivity index (χ1v) is 9.60. The van der Waals surface area contributed by atoms with Crippen molar-refractivity contribution in [2.45, 2.75) is 31.1 Å². The lowest BCUT2D eigenvalue weighted by Crippen LogP contribution is -2.12. The van der Waals surface area contributed by atoms with E-state index in [0.717, 1.165) is 5.56 Å². The monoisotopic (exact) mass is 346 g/mol. The van der Waals surface area contributed by atoms with Crippen LogP contribution in [0.3, 0.4) is 0 Å². The van der Waals surface area contributed by atoms with Gasteiger partial charge in [0.1, 0.15) is 0 Å². The van der Waals surface area contributed by atoms with Crippen LogP contribution in [0, 0.1) is 0 Å². The summed E-state index contributed by atoms with van der Waals surface area (Å²) in [5.41, 5.74) is 1.57. The van der Waals surface area contributed by atoms with Gasteiger partial charge in [-0.15, -0.1) is 0 Å². The summed E-state index contributed by atoms with van der Waals surface area (Å²) in [5, 5.41) is 0. The average molecular weight is 346 g/mol. The first-order chi connectivity index (χ1) is 11.4. The van der Waals surface area contributed by atoms with Crippen molar-refractivity contribution in [1.82, 2.24) is 0 Å². The fraction of sp³-hybridized carbons (Fsp3) is 0.316. The molecule has 0 heterocycles. The van der Waals surface area contributed by atoms with E-state index >= 15 is 0 Å². The third kappa shape index (κ3) is 4.93. The molecule has 5 heteroatoms. The summed E-state index contributed by atoms with van der Waals surface area (Å²) in [5.74, 6) is -0.121. The molecule has 0 amide bonds. The highest BCUT2D eigenvalue weighted by Gasteiger charge is 2.15. The first-order valence-electron chi connectivity index (χ1n) is 7.95. The van der Waals surface area contributed by atoms with Gasteiger partial charge in [-0.3, -0.25) is 0 Å². The van der Waals surface area contributed by atoms with Gasteiger partial charge in [-0.1, -0.05) is 44.2 Å². The standard InChI is InChI=1S/C19H22O4S/c1-15(2)16-9-11-18(12-10-16)24(21,22)14-6-13-23-19(20)17-7-4-3-5-8-17/h3-5,7-12,15H,6,13-14H2,1-2H3. The topological polar surface area (TPSA) is 60.4 Å². The Balaban J connectivity index is 1.85. The molecule has 0 radical (unpaired) electrons. The zero-order chi connectivity index (χ0) is 17.6. The third-order valence-corrected chi connectivity index (χ3v) is 5.52. The van der Waals surface area contributed by atoms with Crippen molar-refractivity contribution >= 4 is 15.8 Å². The molecule has 0 fully saturated rings. The molecule has 0 aliphatic carbocycles. The predicted octanol–water partition coefficient (Wildman–Crippen LogP) is 3.83. The second kappa shape index (κ2) is 8.11. The van der Waals surface area contributed by atoms with Crippen LogP contribution in [0.1, 0.15) is 42.1 Å². The molecular formula is C19H22O4S. The van der Waals surface area contributed by atoms with Gasteiger partial charge in [0.2, 0.25) is 0 Å². The molecule has 2 aromatic rings. The molecule has 0 bridgehead atoms. The van der Waals surface area contributed by atoms with Crippen molar-refractivity contribution in [2.24, 2.45) is 0 Å². The Hall–Kier alpha value is -2.14. The number of carbonyl (C=O) groups is 1. The second-order valence-corrected chi connectivity index (χ2v) is 8.01. The van der Waals surface area contributed by atoms with Crippen molar-refractivity contribution in [1.29, 1.82) is 0 Å². The molecule has 2 aromatic carbocycles. The summed E-state index contributed by atoms with van der Waals surface area (Å²) in [7, 11) is -3.36. The smallest absolute Gasteiger partial charge is 0.338 e. The van der Waals surface area contributed by atoms with Gasteiger partial charge in [0.25, 0.3) is 0 Å². The number of ether oxygens (including phenoxy) is 1. The highest BCUT2D eigenvalue weighted by atomic mass is 32.2. The molecule has 0 aliphatic rings. The molecule has 0 N–H and O–H groups in total. The maximum atomic E-state index is 12.3. The number of benzene rings is 2. The van der Waals surface area contributed by atoms with E-state index in [1.807, 2.05) is 18.2 Å². The summed E-state index contributed by atoms with van der Waals surface area (Å²) in [4.78, 5) is 12.1. The minimum Gasteiger partial charge on any atom is -0.462 e. The molecule has 0 saturated carbocycles. The number of sulfone groups is 1. The fourth-order valence-corrected chi connectivity index (χ4v) is 3.53. The van der Waals surface area contributed by atoms with E-state index in [9.17, 15) is 13.2 Å². The number of esters is 1. The molecule has 2 rings (SSSR count). The Morgan fingerprint density at radius 1 is 1.00 bits per heavy atom. The Bertz CT molecular complexity index is 763. The lowest BCUT2D eigenvalue weighted by atomic mass is 10.0. The van der Waals surface area contributed by atoms with E-state index in [1.54, 1.807) is 36.4 Å². The summed E-state index contributed by atoms with van der Waals surface area (Å²) in [6.07, 6.45) is 0.271. The lowest BCUT2D eigenvalue weighted by Gasteiger charge is -2.08. The Labute approximate surface area is 143 Å². The first kappa shape index (κ1) is 18.2. The number of carbonyl (C=O) groups excluding carboxylic acids is 1. The van der Waals surface area contributed by atoms with Gasteiger partial charge >= 0.3 is 5.97 Å². The molecule has 128 valence electrons. The van der Waals surface area contributed by atoms with Gasteiger partial charge in [0, 0.05) is 0 Å². The summed E-state index contributed by atoms with van der Waals surface area (Å²) < 4.78 is 29.7. The Kier molecular flexibility index (Phi) is 6.15. The van der Waals surface area contributed by atoms with Gasteiger partial charge < -0.3 is 4.74 Å². The largest absolute Gasteiger partial charge is 0.462 e. The van der Waals surface area contributed by atoms with Crippen LogP contribution in [-0.4, -0.2) is 26.7 Å². The highest BCUT2D eigenvalue weighted by molar-refractivity contribution is 7.91. The van der Waals surface area contributed by atoms with Gasteiger partial charge in [-0.05, 0) is 42.2 Å². The second-order valence-electron chi connectivity index (χ2n) is 5.90. The highest BCUT2D eigenvalue weighted by Crippen LogP contribution is 2.18. The van der Waals surface area contributed by atoms with Gasteiger partial charge in [0.05, 0.1) is 22.8 Å². The van der Waals surface area contributed by atoms with Crippen LogP contribution in [-0.2, 0) is 14.6 Å². The number of rotatable bonds is 7. The minimum atomic E-state index is -3.36.